The summed E-state index contributed by atoms with van der Waals surface area (Å²) >= 11 is 7.46. The molecule has 2 aromatic heterocycles. The fourth-order valence-electron chi connectivity index (χ4n) is 1.92. The number of halogens is 1. The predicted octanol–water partition coefficient (Wildman–Crippen LogP) is 2.66. The minimum atomic E-state index is 0.641. The maximum absolute atomic E-state index is 5.87. The van der Waals surface area contributed by atoms with Crippen LogP contribution in [0, 0.1) is 6.92 Å². The van der Waals surface area contributed by atoms with Gasteiger partial charge in [0.1, 0.15) is 10.1 Å². The predicted molar refractivity (Wildman–Crippen MR) is 84.9 cm³/mol. The van der Waals surface area contributed by atoms with Crippen LogP contribution in [0.4, 0.5) is 0 Å². The van der Waals surface area contributed by atoms with Crippen LogP contribution in [-0.4, -0.2) is 35.0 Å². The highest BCUT2D eigenvalue weighted by atomic mass is 35.5. The van der Waals surface area contributed by atoms with Crippen LogP contribution in [0.1, 0.15) is 11.3 Å². The fraction of sp³-hybridized carbons (Fsp3) is 0.429. The molecule has 0 aliphatic rings. The van der Waals surface area contributed by atoms with Gasteiger partial charge in [0.15, 0.2) is 0 Å². The number of aromatic nitrogens is 3. The lowest BCUT2D eigenvalue weighted by atomic mass is 10.2. The van der Waals surface area contributed by atoms with Crippen molar-refractivity contribution in [1.29, 1.82) is 0 Å². The van der Waals surface area contributed by atoms with Gasteiger partial charge in [0.25, 0.3) is 0 Å². The molecule has 0 amide bonds. The summed E-state index contributed by atoms with van der Waals surface area (Å²) in [5.41, 5.74) is 2.22. The Bertz CT molecular complexity index is 585. The van der Waals surface area contributed by atoms with E-state index in [1.165, 1.54) is 5.56 Å². The molecule has 0 radical (unpaired) electrons. The van der Waals surface area contributed by atoms with Crippen molar-refractivity contribution in [3.05, 3.63) is 34.6 Å². The maximum Gasteiger partial charge on any atom is 0.105 e. The van der Waals surface area contributed by atoms with Crippen molar-refractivity contribution in [2.24, 2.45) is 7.05 Å². The van der Waals surface area contributed by atoms with E-state index >= 15 is 0 Å². The molecule has 0 saturated heterocycles. The molecular weight excluding hydrogens is 308 g/mol. The molecule has 0 atom stereocenters. The Balaban J connectivity index is 2.12. The van der Waals surface area contributed by atoms with E-state index < -0.39 is 0 Å². The molecule has 21 heavy (non-hydrogen) atoms. The normalized spacial score (nSPS) is 11.0. The highest BCUT2D eigenvalue weighted by Gasteiger charge is 2.14. The minimum Gasteiger partial charge on any atom is -0.383 e. The number of pyridine rings is 1. The molecule has 0 aromatic carbocycles. The molecule has 2 heterocycles. The Morgan fingerprint density at radius 1 is 1.43 bits per heavy atom. The summed E-state index contributed by atoms with van der Waals surface area (Å²) < 4.78 is 6.93. The van der Waals surface area contributed by atoms with Crippen molar-refractivity contribution in [1.82, 2.24) is 20.1 Å². The van der Waals surface area contributed by atoms with Crippen molar-refractivity contribution >= 4 is 23.4 Å². The van der Waals surface area contributed by atoms with E-state index in [1.54, 1.807) is 25.1 Å². The molecule has 0 saturated carbocycles. The highest BCUT2D eigenvalue weighted by molar-refractivity contribution is 7.99. The van der Waals surface area contributed by atoms with Crippen LogP contribution in [0.25, 0.3) is 0 Å². The Morgan fingerprint density at radius 2 is 2.24 bits per heavy atom. The van der Waals surface area contributed by atoms with E-state index in [0.717, 1.165) is 28.8 Å². The summed E-state index contributed by atoms with van der Waals surface area (Å²) in [4.78, 5) is 4.32. The van der Waals surface area contributed by atoms with Gasteiger partial charge in [0.2, 0.25) is 0 Å². The molecule has 114 valence electrons. The average Bonchev–Trinajstić information content (AvgIpc) is 2.72. The zero-order valence-electron chi connectivity index (χ0n) is 12.4. The zero-order valence-corrected chi connectivity index (χ0v) is 14.0. The topological polar surface area (TPSA) is 52.0 Å². The molecular formula is C14H19ClN4OS. The van der Waals surface area contributed by atoms with E-state index in [9.17, 15) is 0 Å². The van der Waals surface area contributed by atoms with Gasteiger partial charge in [-0.2, -0.15) is 5.10 Å². The van der Waals surface area contributed by atoms with Gasteiger partial charge in [-0.25, -0.2) is 4.98 Å². The van der Waals surface area contributed by atoms with Crippen LogP contribution in [0.2, 0.25) is 5.02 Å². The molecule has 0 bridgehead atoms. The molecule has 2 rings (SSSR count). The van der Waals surface area contributed by atoms with Crippen molar-refractivity contribution < 1.29 is 4.74 Å². The number of hydrogen-bond acceptors (Lipinski definition) is 5. The third kappa shape index (κ3) is 4.44. The lowest BCUT2D eigenvalue weighted by Gasteiger charge is -2.07. The summed E-state index contributed by atoms with van der Waals surface area (Å²) in [6, 6.07) is 3.76. The first-order chi connectivity index (χ1) is 10.1. The third-order valence-corrected chi connectivity index (χ3v) is 4.35. The monoisotopic (exact) mass is 326 g/mol. The summed E-state index contributed by atoms with van der Waals surface area (Å²) in [5, 5.41) is 10.5. The molecule has 0 aliphatic carbocycles. The van der Waals surface area contributed by atoms with Crippen LogP contribution in [-0.2, 0) is 18.3 Å². The van der Waals surface area contributed by atoms with Crippen molar-refractivity contribution in [3.63, 3.8) is 0 Å². The van der Waals surface area contributed by atoms with Gasteiger partial charge < -0.3 is 10.1 Å². The molecule has 2 aromatic rings. The standard InChI is InChI=1S/C14H19ClN4OS/c1-10-12(9-16-6-7-20-3)14(19(2)18-10)21-13-5-4-11(15)8-17-13/h4-5,8,16H,6-7,9H2,1-3H3. The second-order valence-corrected chi connectivity index (χ2v) is 6.02. The second kappa shape index (κ2) is 7.79. The van der Waals surface area contributed by atoms with Gasteiger partial charge >= 0.3 is 0 Å². The second-order valence-electron chi connectivity index (χ2n) is 4.58. The zero-order chi connectivity index (χ0) is 15.2. The highest BCUT2D eigenvalue weighted by Crippen LogP contribution is 2.30. The van der Waals surface area contributed by atoms with Crippen LogP contribution < -0.4 is 5.32 Å². The van der Waals surface area contributed by atoms with Gasteiger partial charge in [-0.15, -0.1) is 0 Å². The van der Waals surface area contributed by atoms with Gasteiger partial charge in [-0.1, -0.05) is 23.4 Å². The average molecular weight is 327 g/mol. The van der Waals surface area contributed by atoms with Crippen LogP contribution >= 0.6 is 23.4 Å². The molecule has 0 unspecified atom stereocenters. The van der Waals surface area contributed by atoms with Gasteiger partial charge in [-0.3, -0.25) is 4.68 Å². The van der Waals surface area contributed by atoms with Crippen molar-refractivity contribution in [2.75, 3.05) is 20.3 Å². The lowest BCUT2D eigenvalue weighted by molar-refractivity contribution is 0.199. The molecule has 5 nitrogen and oxygen atoms in total. The minimum absolute atomic E-state index is 0.641. The number of nitrogens with one attached hydrogen (secondary N) is 1. The van der Waals surface area contributed by atoms with Crippen molar-refractivity contribution in [3.8, 4) is 0 Å². The Labute approximate surface area is 134 Å². The first-order valence-electron chi connectivity index (χ1n) is 6.63. The van der Waals surface area contributed by atoms with E-state index in [1.807, 2.05) is 30.8 Å². The van der Waals surface area contributed by atoms with Crippen molar-refractivity contribution in [2.45, 2.75) is 23.5 Å². The SMILES string of the molecule is COCCNCc1c(C)nn(C)c1Sc1ccc(Cl)cn1. The molecule has 0 spiro atoms. The lowest BCUT2D eigenvalue weighted by Crippen LogP contribution is -2.19. The molecule has 1 N–H and O–H groups in total. The van der Waals surface area contributed by atoms with Gasteiger partial charge in [-0.05, 0) is 19.1 Å². The largest absolute Gasteiger partial charge is 0.383 e. The Morgan fingerprint density at radius 3 is 2.90 bits per heavy atom. The third-order valence-electron chi connectivity index (χ3n) is 2.98. The number of methoxy groups -OCH3 is 1. The van der Waals surface area contributed by atoms with Crippen LogP contribution in [0.5, 0.6) is 0 Å². The Hall–Kier alpha value is -1.08. The quantitative estimate of drug-likeness (QED) is 0.793. The smallest absolute Gasteiger partial charge is 0.105 e. The van der Waals surface area contributed by atoms with E-state index in [4.69, 9.17) is 16.3 Å². The van der Waals surface area contributed by atoms with Gasteiger partial charge in [0, 0.05) is 39.0 Å². The van der Waals surface area contributed by atoms with E-state index in [0.29, 0.717) is 11.6 Å². The number of rotatable bonds is 7. The maximum atomic E-state index is 5.87. The molecule has 0 aliphatic heterocycles. The first kappa shape index (κ1) is 16.3. The fourth-order valence-corrected chi connectivity index (χ4v) is 2.99. The van der Waals surface area contributed by atoms with Crippen LogP contribution in [0.15, 0.2) is 28.4 Å². The molecule has 7 heteroatoms. The van der Waals surface area contributed by atoms with Crippen LogP contribution in [0.3, 0.4) is 0 Å². The summed E-state index contributed by atoms with van der Waals surface area (Å²) in [5.74, 6) is 0. The summed E-state index contributed by atoms with van der Waals surface area (Å²) in [7, 11) is 3.65. The molecule has 0 fully saturated rings. The number of hydrogen-bond donors (Lipinski definition) is 1. The van der Waals surface area contributed by atoms with E-state index in [-0.39, 0.29) is 0 Å². The number of aryl methyl sites for hydroxylation is 2. The number of ether oxygens (including phenoxy) is 1. The number of nitrogens with zero attached hydrogens (tertiary/aromatic N) is 3. The van der Waals surface area contributed by atoms with Gasteiger partial charge in [0.05, 0.1) is 17.3 Å². The van der Waals surface area contributed by atoms with E-state index in [2.05, 4.69) is 15.4 Å². The summed E-state index contributed by atoms with van der Waals surface area (Å²) in [6.45, 7) is 4.29. The summed E-state index contributed by atoms with van der Waals surface area (Å²) in [6.07, 6.45) is 1.66. The first-order valence-corrected chi connectivity index (χ1v) is 7.82. The Kier molecular flexibility index (Phi) is 6.05.